The molecule has 5 aromatic rings. The number of methoxy groups -OCH3 is 1. The van der Waals surface area contributed by atoms with Crippen LogP contribution in [0.1, 0.15) is 55.0 Å². The number of para-hydroxylation sites is 1. The Labute approximate surface area is 246 Å². The van der Waals surface area contributed by atoms with E-state index in [9.17, 15) is 14.0 Å². The molecule has 0 amide bonds. The van der Waals surface area contributed by atoms with E-state index < -0.39 is 12.0 Å². The van der Waals surface area contributed by atoms with Crippen LogP contribution in [0.15, 0.2) is 100 Å². The highest BCUT2D eigenvalue weighted by atomic mass is 32.1. The number of benzene rings is 3. The molecule has 212 valence electrons. The quantitative estimate of drug-likeness (QED) is 0.244. The van der Waals surface area contributed by atoms with Gasteiger partial charge in [-0.2, -0.15) is 0 Å². The number of aromatic nitrogens is 2. The van der Waals surface area contributed by atoms with Gasteiger partial charge in [0.2, 0.25) is 0 Å². The lowest BCUT2D eigenvalue weighted by Crippen LogP contribution is -2.39. The molecule has 0 radical (unpaired) electrons. The van der Waals surface area contributed by atoms with Crippen molar-refractivity contribution >= 4 is 34.3 Å². The maximum Gasteiger partial charge on any atom is 0.338 e. The first-order valence-corrected chi connectivity index (χ1v) is 14.6. The van der Waals surface area contributed by atoms with Crippen molar-refractivity contribution in [2.24, 2.45) is 4.99 Å². The number of thiazole rings is 1. The van der Waals surface area contributed by atoms with E-state index in [4.69, 9.17) is 4.74 Å². The molecule has 6 nitrogen and oxygen atoms in total. The van der Waals surface area contributed by atoms with Gasteiger partial charge < -0.3 is 9.30 Å². The minimum Gasteiger partial charge on any atom is -0.466 e. The number of carbonyl (C=O) groups excluding carboxylic acids is 1. The fourth-order valence-electron chi connectivity index (χ4n) is 5.52. The monoisotopic (exact) mass is 579 g/mol. The number of esters is 1. The average Bonchev–Trinajstić information content (AvgIpc) is 3.49. The van der Waals surface area contributed by atoms with E-state index in [0.717, 1.165) is 27.6 Å². The Hall–Kier alpha value is -4.56. The second-order valence-electron chi connectivity index (χ2n) is 10.8. The summed E-state index contributed by atoms with van der Waals surface area (Å²) in [5, 5.41) is 0.998. The van der Waals surface area contributed by atoms with Crippen molar-refractivity contribution in [2.75, 3.05) is 7.11 Å². The Kier molecular flexibility index (Phi) is 7.24. The molecule has 0 fully saturated rings. The number of carbonyl (C=O) groups is 1. The second kappa shape index (κ2) is 11.0. The lowest BCUT2D eigenvalue weighted by atomic mass is 9.93. The molecule has 0 saturated carbocycles. The Balaban J connectivity index is 1.50. The van der Waals surface area contributed by atoms with Crippen LogP contribution in [-0.2, 0) is 16.1 Å². The summed E-state index contributed by atoms with van der Waals surface area (Å²) in [5.41, 5.74) is 5.51. The van der Waals surface area contributed by atoms with E-state index in [-0.39, 0.29) is 11.4 Å². The Morgan fingerprint density at radius 3 is 2.48 bits per heavy atom. The molecule has 0 unspecified atom stereocenters. The number of nitrogens with zero attached hydrogens (tertiary/aromatic N) is 3. The highest BCUT2D eigenvalue weighted by Gasteiger charge is 2.33. The molecule has 1 aliphatic heterocycles. The van der Waals surface area contributed by atoms with Gasteiger partial charge >= 0.3 is 5.97 Å². The van der Waals surface area contributed by atoms with Gasteiger partial charge in [0.15, 0.2) is 4.80 Å². The summed E-state index contributed by atoms with van der Waals surface area (Å²) in [6, 6.07) is 21.8. The summed E-state index contributed by atoms with van der Waals surface area (Å²) in [4.78, 5) is 32.3. The maximum atomic E-state index is 14.1. The molecule has 0 saturated heterocycles. The average molecular weight is 580 g/mol. The fourth-order valence-corrected chi connectivity index (χ4v) is 6.56. The smallest absolute Gasteiger partial charge is 0.338 e. The van der Waals surface area contributed by atoms with Gasteiger partial charge in [0, 0.05) is 29.2 Å². The number of rotatable bonds is 6. The lowest BCUT2D eigenvalue weighted by molar-refractivity contribution is -0.136. The molecule has 8 heteroatoms. The molecule has 0 bridgehead atoms. The number of fused-ring (bicyclic) bond motifs is 2. The van der Waals surface area contributed by atoms with Gasteiger partial charge in [-0.1, -0.05) is 79.8 Å². The standard InChI is InChI=1S/C34H30FN3O3S/c1-20(2)23-11-13-24(14-12-23)31-30(33(40)41-4)21(3)36-34-38(31)32(39)29(42-34)17-25-19-37(28-8-6-5-7-27(25)28)18-22-9-15-26(35)16-10-22/h5-17,19-20,31H,18H2,1-4H3/b29-17+/t31-/m1/s1. The van der Waals surface area contributed by atoms with Gasteiger partial charge in [-0.15, -0.1) is 0 Å². The van der Waals surface area contributed by atoms with Gasteiger partial charge in [-0.25, -0.2) is 14.2 Å². The van der Waals surface area contributed by atoms with Crippen LogP contribution in [0.5, 0.6) is 0 Å². The first-order chi connectivity index (χ1) is 20.2. The highest BCUT2D eigenvalue weighted by Crippen LogP contribution is 2.31. The Morgan fingerprint density at radius 1 is 1.07 bits per heavy atom. The molecule has 0 aliphatic carbocycles. The van der Waals surface area contributed by atoms with Crippen molar-refractivity contribution in [3.63, 3.8) is 0 Å². The van der Waals surface area contributed by atoms with E-state index in [1.165, 1.54) is 36.1 Å². The van der Waals surface area contributed by atoms with Crippen molar-refractivity contribution in [3.05, 3.63) is 138 Å². The molecule has 0 spiro atoms. The van der Waals surface area contributed by atoms with Crippen LogP contribution >= 0.6 is 11.3 Å². The van der Waals surface area contributed by atoms with Crippen molar-refractivity contribution in [1.29, 1.82) is 0 Å². The molecule has 3 aromatic carbocycles. The Morgan fingerprint density at radius 2 is 1.79 bits per heavy atom. The summed E-state index contributed by atoms with van der Waals surface area (Å²) in [6.07, 6.45) is 3.91. The van der Waals surface area contributed by atoms with Crippen LogP contribution in [0, 0.1) is 5.82 Å². The van der Waals surface area contributed by atoms with Gasteiger partial charge in [-0.05, 0) is 53.8 Å². The highest BCUT2D eigenvalue weighted by molar-refractivity contribution is 7.07. The fraction of sp³-hybridized carbons (Fsp3) is 0.206. The molecule has 42 heavy (non-hydrogen) atoms. The summed E-state index contributed by atoms with van der Waals surface area (Å²) >= 11 is 1.30. The number of allylic oxidation sites excluding steroid dienone is 1. The third kappa shape index (κ3) is 4.92. The third-order valence-electron chi connectivity index (χ3n) is 7.72. The normalized spacial score (nSPS) is 15.3. The van der Waals surface area contributed by atoms with Crippen LogP contribution in [-0.4, -0.2) is 22.2 Å². The molecular weight excluding hydrogens is 549 g/mol. The van der Waals surface area contributed by atoms with Crippen LogP contribution in [0.2, 0.25) is 0 Å². The molecular formula is C34H30FN3O3S. The SMILES string of the molecule is COC(=O)C1=C(C)N=c2s/c(=C/c3cn(Cc4ccc(F)cc4)c4ccccc34)c(=O)n2[C@@H]1c1ccc(C(C)C)cc1. The first-order valence-electron chi connectivity index (χ1n) is 13.8. The second-order valence-corrected chi connectivity index (χ2v) is 11.8. The van der Waals surface area contributed by atoms with E-state index in [0.29, 0.717) is 33.1 Å². The zero-order valence-electron chi connectivity index (χ0n) is 23.8. The van der Waals surface area contributed by atoms with E-state index in [2.05, 4.69) is 23.4 Å². The van der Waals surface area contributed by atoms with Gasteiger partial charge in [0.1, 0.15) is 5.82 Å². The first kappa shape index (κ1) is 27.6. The number of hydrogen-bond donors (Lipinski definition) is 0. The van der Waals surface area contributed by atoms with Crippen molar-refractivity contribution in [1.82, 2.24) is 9.13 Å². The van der Waals surface area contributed by atoms with E-state index in [1.54, 1.807) is 23.6 Å². The van der Waals surface area contributed by atoms with E-state index in [1.807, 2.05) is 60.8 Å². The number of halogens is 1. The Bertz CT molecular complexity index is 2030. The zero-order valence-corrected chi connectivity index (χ0v) is 24.6. The van der Waals surface area contributed by atoms with E-state index >= 15 is 0 Å². The molecule has 1 atom stereocenters. The lowest BCUT2D eigenvalue weighted by Gasteiger charge is -2.24. The van der Waals surface area contributed by atoms with Crippen molar-refractivity contribution < 1.29 is 13.9 Å². The summed E-state index contributed by atoms with van der Waals surface area (Å²) in [6.45, 7) is 6.59. The van der Waals surface area contributed by atoms with Crippen molar-refractivity contribution in [3.8, 4) is 0 Å². The van der Waals surface area contributed by atoms with Gasteiger partial charge in [-0.3, -0.25) is 9.36 Å². The molecule has 1 aliphatic rings. The third-order valence-corrected chi connectivity index (χ3v) is 8.70. The van der Waals surface area contributed by atoms with Crippen LogP contribution in [0.4, 0.5) is 4.39 Å². The van der Waals surface area contributed by atoms with Gasteiger partial charge in [0.25, 0.3) is 5.56 Å². The zero-order chi connectivity index (χ0) is 29.5. The molecule has 3 heterocycles. The largest absolute Gasteiger partial charge is 0.466 e. The summed E-state index contributed by atoms with van der Waals surface area (Å²) < 4.78 is 22.8. The summed E-state index contributed by atoms with van der Waals surface area (Å²) in [7, 11) is 1.34. The van der Waals surface area contributed by atoms with Crippen LogP contribution < -0.4 is 14.9 Å². The number of hydrogen-bond acceptors (Lipinski definition) is 5. The summed E-state index contributed by atoms with van der Waals surface area (Å²) in [5.74, 6) is -0.428. The minimum atomic E-state index is -0.656. The van der Waals surface area contributed by atoms with Crippen LogP contribution in [0.25, 0.3) is 17.0 Å². The number of ether oxygens (including phenoxy) is 1. The topological polar surface area (TPSA) is 65.6 Å². The predicted molar refractivity (Wildman–Crippen MR) is 164 cm³/mol. The maximum absolute atomic E-state index is 14.1. The van der Waals surface area contributed by atoms with Gasteiger partial charge in [0.05, 0.1) is 29.0 Å². The molecule has 6 rings (SSSR count). The van der Waals surface area contributed by atoms with Crippen molar-refractivity contribution in [2.45, 2.75) is 39.3 Å². The van der Waals surface area contributed by atoms with Crippen LogP contribution in [0.3, 0.4) is 0 Å². The predicted octanol–water partition coefficient (Wildman–Crippen LogP) is 5.67. The minimum absolute atomic E-state index is 0.221. The molecule has 2 aromatic heterocycles. The molecule has 0 N–H and O–H groups in total.